The van der Waals surface area contributed by atoms with Crippen molar-refractivity contribution in [2.75, 3.05) is 9.74 Å². The van der Waals surface area contributed by atoms with E-state index in [2.05, 4.69) is 39.8 Å². The van der Waals surface area contributed by atoms with Crippen molar-refractivity contribution >= 4 is 56.7 Å². The number of aromatic nitrogens is 1. The van der Waals surface area contributed by atoms with E-state index in [-0.39, 0.29) is 118 Å². The molecule has 0 aliphatic heterocycles. The van der Waals surface area contributed by atoms with E-state index >= 15 is 0 Å². The maximum absolute atomic E-state index is 12.7. The molecular formula is C49H67IN2O2W4-2. The van der Waals surface area contributed by atoms with Crippen molar-refractivity contribution in [3.05, 3.63) is 188 Å². The molecule has 6 rings (SSSR count). The molecule has 0 spiro atoms. The van der Waals surface area contributed by atoms with Gasteiger partial charge in [0.05, 0.1) is 0 Å². The Labute approximate surface area is 424 Å². The summed E-state index contributed by atoms with van der Waals surface area (Å²) < 4.78 is 1.22. The number of fused-ring (bicyclic) bond motifs is 1. The zero-order chi connectivity index (χ0) is 38.3. The Bertz CT molecular complexity index is 1820. The molecule has 318 valence electrons. The monoisotopic (exact) mass is 1580 g/mol. The number of halogens is 1. The number of aromatic amines is 1. The zero-order valence-corrected chi connectivity index (χ0v) is 49.4. The minimum Gasteiger partial charge on any atom is -0.358 e. The zero-order valence-electron chi connectivity index (χ0n) is 35.5. The molecule has 9 heteroatoms. The molecule has 1 aromatic heterocycles. The number of rotatable bonds is 5. The number of carbonyl (C=O) groups excluding carboxylic acids is 1. The van der Waals surface area contributed by atoms with Crippen LogP contribution in [0, 0.1) is 14.9 Å². The largest absolute Gasteiger partial charge is 0.358 e. The fraction of sp³-hybridized carbons (Fsp3) is 0.224. The molecule has 5 aromatic carbocycles. The third kappa shape index (κ3) is 28.5. The first-order valence-corrected chi connectivity index (χ1v) is 19.5. The summed E-state index contributed by atoms with van der Waals surface area (Å²) in [4.78, 5) is 27.6. The summed E-state index contributed by atoms with van der Waals surface area (Å²) >= 11 is 2.29. The van der Waals surface area contributed by atoms with Gasteiger partial charge >= 0.3 is 0 Å². The van der Waals surface area contributed by atoms with Gasteiger partial charge in [-0.05, 0) is 56.8 Å². The smallest absolute Gasteiger partial charge is 0.256 e. The molecule has 1 heterocycles. The van der Waals surface area contributed by atoms with Crippen LogP contribution in [0.5, 0.6) is 0 Å². The standard InChI is InChI=1S/C21H17NO.C15H11NO.C2H5I.4C2H6.CH4.2CH3.4W/c23-21(22-19-14-8-3-9-15-19)20(18-12-6-2-7-13-18)16-17-10-4-1-5-11-17;17-15-13(11-6-2-1-3-7-11)10-12-8-4-5-9-14(12)16-15;1-2-3;4*1-2;;;;;;;/h1-16H,(H,22,23);1-10H,(H,16,17);2H2,1H3;4*1-2H3;1H4;2*1H3;;;;/q;;;;;;;;2*-1;;;;/b20-16+;;;;;;;;;;;;;. The molecule has 6 aromatic rings. The van der Waals surface area contributed by atoms with Crippen molar-refractivity contribution < 1.29 is 89.1 Å². The Morgan fingerprint density at radius 3 is 1.45 bits per heavy atom. The fourth-order valence-corrected chi connectivity index (χ4v) is 4.31. The molecule has 4 nitrogen and oxygen atoms in total. The second-order valence-electron chi connectivity index (χ2n) is 9.39. The van der Waals surface area contributed by atoms with Crippen molar-refractivity contribution in [2.45, 2.75) is 69.7 Å². The van der Waals surface area contributed by atoms with Gasteiger partial charge in [-0.2, -0.15) is 0 Å². The van der Waals surface area contributed by atoms with Gasteiger partial charge in [0.25, 0.3) is 11.5 Å². The van der Waals surface area contributed by atoms with E-state index < -0.39 is 0 Å². The van der Waals surface area contributed by atoms with E-state index in [9.17, 15) is 9.59 Å². The summed E-state index contributed by atoms with van der Waals surface area (Å²) in [5.74, 6) is -0.119. The third-order valence-corrected chi connectivity index (χ3v) is 6.31. The van der Waals surface area contributed by atoms with E-state index in [4.69, 9.17) is 0 Å². The Kier molecular flexibility index (Phi) is 62.6. The van der Waals surface area contributed by atoms with Crippen molar-refractivity contribution in [3.63, 3.8) is 0 Å². The van der Waals surface area contributed by atoms with Crippen molar-refractivity contribution in [1.29, 1.82) is 0 Å². The minimum absolute atomic E-state index is 0. The van der Waals surface area contributed by atoms with Crippen molar-refractivity contribution in [3.8, 4) is 11.1 Å². The number of carbonyl (C=O) groups is 1. The summed E-state index contributed by atoms with van der Waals surface area (Å²) in [6.45, 7) is 18.1. The SMILES string of the molecule is C.CC.CC.CC.CC.CCI.O=C(Nc1ccccc1)/C(=C/c1ccccc1)c1ccccc1.O=c1[nH]c2ccccc2cc1-c1ccccc1.[CH3-].[CH3-].[W].[W].[W].[W]. The van der Waals surface area contributed by atoms with Crippen LogP contribution in [0.1, 0.15) is 80.9 Å². The van der Waals surface area contributed by atoms with Crippen LogP contribution in [0.25, 0.3) is 33.7 Å². The topological polar surface area (TPSA) is 62.0 Å². The summed E-state index contributed by atoms with van der Waals surface area (Å²) in [5, 5.41) is 4.00. The number of hydrogen-bond donors (Lipinski definition) is 2. The van der Waals surface area contributed by atoms with Gasteiger partial charge in [0, 0.05) is 107 Å². The second-order valence-corrected chi connectivity index (χ2v) is 10.9. The number of alkyl halides is 1. The van der Waals surface area contributed by atoms with Crippen LogP contribution < -0.4 is 10.9 Å². The normalized spacial score (nSPS) is 8.21. The number of hydrogen-bond acceptors (Lipinski definition) is 2. The molecule has 0 fully saturated rings. The summed E-state index contributed by atoms with van der Waals surface area (Å²) in [7, 11) is 0. The van der Waals surface area contributed by atoms with Crippen molar-refractivity contribution in [2.24, 2.45) is 0 Å². The van der Waals surface area contributed by atoms with Gasteiger partial charge in [-0.1, -0.05) is 220 Å². The van der Waals surface area contributed by atoms with Crippen LogP contribution in [0.2, 0.25) is 0 Å². The predicted molar refractivity (Wildman–Crippen MR) is 255 cm³/mol. The summed E-state index contributed by atoms with van der Waals surface area (Å²) in [6.07, 6.45) is 1.91. The van der Waals surface area contributed by atoms with Crippen molar-refractivity contribution in [1.82, 2.24) is 4.98 Å². The molecule has 2 N–H and O–H groups in total. The Balaban J connectivity index is -0.000000107. The molecule has 58 heavy (non-hydrogen) atoms. The van der Waals surface area contributed by atoms with E-state index in [1.54, 1.807) is 0 Å². The molecule has 0 radical (unpaired) electrons. The summed E-state index contributed by atoms with van der Waals surface area (Å²) in [5.41, 5.74) is 5.79. The Morgan fingerprint density at radius 2 is 0.983 bits per heavy atom. The van der Waals surface area contributed by atoms with Crippen LogP contribution in [-0.4, -0.2) is 15.3 Å². The van der Waals surface area contributed by atoms with Gasteiger partial charge in [0.15, 0.2) is 0 Å². The number of para-hydroxylation sites is 2. The fourth-order valence-electron chi connectivity index (χ4n) is 4.31. The Morgan fingerprint density at radius 1 is 0.603 bits per heavy atom. The van der Waals surface area contributed by atoms with Gasteiger partial charge in [-0.15, -0.1) is 0 Å². The number of anilines is 1. The number of nitrogens with one attached hydrogen (secondary N) is 2. The first kappa shape index (κ1) is 73.5. The molecule has 0 unspecified atom stereocenters. The summed E-state index contributed by atoms with van der Waals surface area (Å²) in [6, 6.07) is 48.5. The number of H-pyrrole nitrogens is 1. The van der Waals surface area contributed by atoms with E-state index in [1.807, 2.05) is 213 Å². The predicted octanol–water partition coefficient (Wildman–Crippen LogP) is 15.1. The van der Waals surface area contributed by atoms with Gasteiger partial charge in [-0.25, -0.2) is 0 Å². The maximum Gasteiger partial charge on any atom is 0.256 e. The van der Waals surface area contributed by atoms with E-state index in [0.29, 0.717) is 11.1 Å². The van der Waals surface area contributed by atoms with Crippen LogP contribution >= 0.6 is 22.6 Å². The number of amides is 1. The average Bonchev–Trinajstić information content (AvgIpc) is 3.22. The van der Waals surface area contributed by atoms with Gasteiger partial charge in [-0.3, -0.25) is 9.59 Å². The average molecular weight is 1580 g/mol. The third-order valence-electron chi connectivity index (χ3n) is 6.31. The van der Waals surface area contributed by atoms with Crippen LogP contribution in [0.4, 0.5) is 5.69 Å². The van der Waals surface area contributed by atoms with Crippen LogP contribution in [-0.2, 0) is 89.1 Å². The van der Waals surface area contributed by atoms with E-state index in [1.165, 1.54) is 4.43 Å². The van der Waals surface area contributed by atoms with Crippen LogP contribution in [0.3, 0.4) is 0 Å². The molecule has 0 atom stereocenters. The number of benzene rings is 5. The maximum atomic E-state index is 12.7. The quantitative estimate of drug-likeness (QED) is 0.0594. The number of pyridine rings is 1. The molecule has 0 saturated carbocycles. The minimum atomic E-state index is -0.119. The molecule has 0 saturated heterocycles. The van der Waals surface area contributed by atoms with E-state index in [0.717, 1.165) is 33.3 Å². The van der Waals surface area contributed by atoms with Crippen LogP contribution in [0.15, 0.2) is 156 Å². The molecule has 1 amide bonds. The van der Waals surface area contributed by atoms with Gasteiger partial charge < -0.3 is 25.2 Å². The molecular weight excluding hydrogens is 1510 g/mol. The van der Waals surface area contributed by atoms with Gasteiger partial charge in [0.1, 0.15) is 0 Å². The second kappa shape index (κ2) is 49.4. The van der Waals surface area contributed by atoms with Gasteiger partial charge in [0.2, 0.25) is 0 Å². The molecule has 0 aliphatic rings. The first-order valence-electron chi connectivity index (χ1n) is 18.0. The Hall–Kier alpha value is -2.00. The first-order chi connectivity index (χ1) is 25.1. The molecule has 0 aliphatic carbocycles. The molecule has 0 bridgehead atoms.